The molecule has 2 fully saturated rings. The molecular formula is C13H14N4O2. The van der Waals surface area contributed by atoms with Crippen molar-refractivity contribution >= 4 is 5.91 Å². The minimum atomic E-state index is -1.77. The number of hydrogen-bond acceptors (Lipinski definition) is 5. The van der Waals surface area contributed by atoms with Crippen LogP contribution in [0.25, 0.3) is 0 Å². The quantitative estimate of drug-likeness (QED) is 0.749. The van der Waals surface area contributed by atoms with E-state index in [9.17, 15) is 25.7 Å². The number of nitriles is 3. The standard InChI is InChI=1S/C13H14N4O2/c1-2-3-9-4-13(19)5-11(6-14,10(18)17-13)12(9,7-15)8-16/h9,19H,2-5H2,1H3,(H,17,18). The van der Waals surface area contributed by atoms with Gasteiger partial charge in [-0.3, -0.25) is 4.79 Å². The predicted molar refractivity (Wildman–Crippen MR) is 62.4 cm³/mol. The molecule has 19 heavy (non-hydrogen) atoms. The summed E-state index contributed by atoms with van der Waals surface area (Å²) in [6.07, 6.45) is 1.16. The van der Waals surface area contributed by atoms with Crippen LogP contribution in [-0.4, -0.2) is 16.7 Å². The second-order valence-electron chi connectivity index (χ2n) is 5.40. The first-order valence-corrected chi connectivity index (χ1v) is 6.22. The first-order valence-electron chi connectivity index (χ1n) is 6.22. The lowest BCUT2D eigenvalue weighted by molar-refractivity contribution is -0.128. The fourth-order valence-corrected chi connectivity index (χ4v) is 3.48. The molecule has 1 heterocycles. The molecule has 0 aromatic rings. The van der Waals surface area contributed by atoms with E-state index in [0.717, 1.165) is 0 Å². The van der Waals surface area contributed by atoms with E-state index in [1.807, 2.05) is 25.1 Å². The molecule has 6 heteroatoms. The average Bonchev–Trinajstić information content (AvgIpc) is 2.60. The summed E-state index contributed by atoms with van der Waals surface area (Å²) in [4.78, 5) is 12.1. The van der Waals surface area contributed by atoms with E-state index in [4.69, 9.17) is 0 Å². The number of nitrogens with one attached hydrogen (secondary N) is 1. The third-order valence-corrected chi connectivity index (χ3v) is 4.34. The maximum atomic E-state index is 12.1. The Labute approximate surface area is 111 Å². The molecule has 1 amide bonds. The Morgan fingerprint density at radius 1 is 1.37 bits per heavy atom. The van der Waals surface area contributed by atoms with Gasteiger partial charge in [-0.25, -0.2) is 0 Å². The highest BCUT2D eigenvalue weighted by Crippen LogP contribution is 2.60. The van der Waals surface area contributed by atoms with Crippen LogP contribution in [0.2, 0.25) is 0 Å². The molecule has 6 nitrogen and oxygen atoms in total. The van der Waals surface area contributed by atoms with E-state index in [0.29, 0.717) is 12.8 Å². The average molecular weight is 258 g/mol. The Hall–Kier alpha value is -2.10. The normalized spacial score (nSPS) is 38.7. The van der Waals surface area contributed by atoms with Gasteiger partial charge in [-0.15, -0.1) is 0 Å². The number of rotatable bonds is 2. The van der Waals surface area contributed by atoms with Crippen molar-refractivity contribution in [2.75, 3.05) is 0 Å². The zero-order valence-electron chi connectivity index (χ0n) is 10.6. The summed E-state index contributed by atoms with van der Waals surface area (Å²) < 4.78 is 0. The van der Waals surface area contributed by atoms with Crippen LogP contribution in [0.5, 0.6) is 0 Å². The van der Waals surface area contributed by atoms with E-state index in [1.54, 1.807) is 0 Å². The smallest absolute Gasteiger partial charge is 0.245 e. The maximum Gasteiger partial charge on any atom is 0.245 e. The zero-order valence-corrected chi connectivity index (χ0v) is 10.6. The summed E-state index contributed by atoms with van der Waals surface area (Å²) >= 11 is 0. The Morgan fingerprint density at radius 2 is 2.00 bits per heavy atom. The summed E-state index contributed by atoms with van der Waals surface area (Å²) in [7, 11) is 0. The van der Waals surface area contributed by atoms with Crippen molar-refractivity contribution in [2.45, 2.75) is 38.3 Å². The van der Waals surface area contributed by atoms with Crippen LogP contribution in [0.15, 0.2) is 0 Å². The number of amides is 1. The maximum absolute atomic E-state index is 12.1. The molecule has 2 aliphatic rings. The lowest BCUT2D eigenvalue weighted by Gasteiger charge is -2.43. The van der Waals surface area contributed by atoms with Gasteiger partial charge < -0.3 is 10.4 Å². The molecule has 0 spiro atoms. The van der Waals surface area contributed by atoms with Gasteiger partial charge in [0, 0.05) is 12.8 Å². The van der Waals surface area contributed by atoms with E-state index in [-0.39, 0.29) is 12.8 Å². The number of hydrogen-bond donors (Lipinski definition) is 2. The van der Waals surface area contributed by atoms with Crippen LogP contribution < -0.4 is 5.32 Å². The van der Waals surface area contributed by atoms with Crippen molar-refractivity contribution in [3.05, 3.63) is 0 Å². The van der Waals surface area contributed by atoms with Crippen molar-refractivity contribution in [3.63, 3.8) is 0 Å². The first-order chi connectivity index (χ1) is 8.93. The van der Waals surface area contributed by atoms with Gasteiger partial charge in [0.25, 0.3) is 0 Å². The number of nitrogens with zero attached hydrogens (tertiary/aromatic N) is 3. The van der Waals surface area contributed by atoms with Crippen molar-refractivity contribution in [3.8, 4) is 18.2 Å². The van der Waals surface area contributed by atoms with E-state index in [1.165, 1.54) is 0 Å². The van der Waals surface area contributed by atoms with Crippen molar-refractivity contribution < 1.29 is 9.90 Å². The predicted octanol–water partition coefficient (Wildman–Crippen LogP) is 0.558. The van der Waals surface area contributed by atoms with Crippen molar-refractivity contribution in [2.24, 2.45) is 16.7 Å². The van der Waals surface area contributed by atoms with Crippen LogP contribution in [0.3, 0.4) is 0 Å². The fourth-order valence-electron chi connectivity index (χ4n) is 3.48. The number of carbonyl (C=O) groups is 1. The highest BCUT2D eigenvalue weighted by Gasteiger charge is 2.73. The molecule has 3 atom stereocenters. The fraction of sp³-hybridized carbons (Fsp3) is 0.692. The van der Waals surface area contributed by atoms with E-state index >= 15 is 0 Å². The summed E-state index contributed by atoms with van der Waals surface area (Å²) in [5.74, 6) is -1.20. The molecule has 3 unspecified atom stereocenters. The summed E-state index contributed by atoms with van der Waals surface area (Å²) in [5, 5.41) is 41.1. The Morgan fingerprint density at radius 3 is 2.47 bits per heavy atom. The van der Waals surface area contributed by atoms with Crippen LogP contribution in [0.1, 0.15) is 32.6 Å². The van der Waals surface area contributed by atoms with Crippen LogP contribution in [0, 0.1) is 50.7 Å². The summed E-state index contributed by atoms with van der Waals surface area (Å²) in [6, 6.07) is 5.67. The molecule has 1 saturated carbocycles. The van der Waals surface area contributed by atoms with E-state index < -0.39 is 28.4 Å². The molecule has 0 radical (unpaired) electrons. The third-order valence-electron chi connectivity index (χ3n) is 4.34. The molecule has 0 aromatic heterocycles. The van der Waals surface area contributed by atoms with Gasteiger partial charge in [0.05, 0.1) is 18.2 Å². The minimum Gasteiger partial charge on any atom is -0.371 e. The van der Waals surface area contributed by atoms with Crippen LogP contribution in [-0.2, 0) is 4.79 Å². The molecule has 2 N–H and O–H groups in total. The minimum absolute atomic E-state index is 0.136. The summed E-state index contributed by atoms with van der Waals surface area (Å²) in [5.41, 5.74) is -4.93. The number of carbonyl (C=O) groups excluding carboxylic acids is 1. The van der Waals surface area contributed by atoms with Crippen LogP contribution in [0.4, 0.5) is 0 Å². The third kappa shape index (κ3) is 1.40. The topological polar surface area (TPSA) is 121 Å². The van der Waals surface area contributed by atoms with Gasteiger partial charge in [0.15, 0.2) is 10.8 Å². The van der Waals surface area contributed by atoms with Gasteiger partial charge in [-0.2, -0.15) is 15.8 Å². The number of fused-ring (bicyclic) bond motifs is 2. The Balaban J connectivity index is 2.66. The highest BCUT2D eigenvalue weighted by atomic mass is 16.3. The molecule has 2 bridgehead atoms. The molecule has 0 aromatic carbocycles. The molecule has 1 aliphatic carbocycles. The Bertz CT molecular complexity index is 538. The first kappa shape index (κ1) is 13.3. The highest BCUT2D eigenvalue weighted by molar-refractivity contribution is 5.91. The van der Waals surface area contributed by atoms with Gasteiger partial charge in [-0.05, 0) is 12.3 Å². The Kier molecular flexibility index (Phi) is 2.77. The molecule has 98 valence electrons. The molecular weight excluding hydrogens is 244 g/mol. The zero-order chi connectivity index (χ0) is 14.3. The largest absolute Gasteiger partial charge is 0.371 e. The SMILES string of the molecule is CCCC1CC2(O)CC(C#N)(C(=O)N2)C1(C#N)C#N. The molecule has 2 rings (SSSR count). The molecule has 1 aliphatic heterocycles. The van der Waals surface area contributed by atoms with Crippen molar-refractivity contribution in [1.29, 1.82) is 15.8 Å². The van der Waals surface area contributed by atoms with Gasteiger partial charge >= 0.3 is 0 Å². The second kappa shape index (κ2) is 3.95. The second-order valence-corrected chi connectivity index (χ2v) is 5.40. The number of aliphatic hydroxyl groups is 1. The van der Waals surface area contributed by atoms with Crippen molar-refractivity contribution in [1.82, 2.24) is 5.32 Å². The lowest BCUT2D eigenvalue weighted by Crippen LogP contribution is -2.53. The van der Waals surface area contributed by atoms with Gasteiger partial charge in [0.1, 0.15) is 5.72 Å². The van der Waals surface area contributed by atoms with E-state index in [2.05, 4.69) is 5.32 Å². The monoisotopic (exact) mass is 258 g/mol. The molecule has 1 saturated heterocycles. The van der Waals surface area contributed by atoms with Gasteiger partial charge in [0.2, 0.25) is 5.91 Å². The summed E-state index contributed by atoms with van der Waals surface area (Å²) in [6.45, 7) is 1.90. The van der Waals surface area contributed by atoms with Crippen LogP contribution >= 0.6 is 0 Å². The lowest BCUT2D eigenvalue weighted by atomic mass is 9.52. The van der Waals surface area contributed by atoms with Gasteiger partial charge in [-0.1, -0.05) is 13.3 Å².